The van der Waals surface area contributed by atoms with Crippen LogP contribution in [0.15, 0.2) is 0 Å². The summed E-state index contributed by atoms with van der Waals surface area (Å²) < 4.78 is 0. The summed E-state index contributed by atoms with van der Waals surface area (Å²) in [6.07, 6.45) is 2.88. The summed E-state index contributed by atoms with van der Waals surface area (Å²) in [5.74, 6) is 0.236. The molecule has 0 radical (unpaired) electrons. The lowest BCUT2D eigenvalue weighted by atomic mass is 10.0. The minimum Gasteiger partial charge on any atom is -0.481 e. The molecule has 0 aromatic rings. The molecule has 0 bridgehead atoms. The van der Waals surface area contributed by atoms with Crippen LogP contribution in [0, 0.1) is 0 Å². The maximum Gasteiger partial charge on any atom is 0.335 e. The Morgan fingerprint density at radius 3 is 2.62 bits per heavy atom. The molecule has 0 spiro atoms. The first-order valence-electron chi connectivity index (χ1n) is 6.54. The van der Waals surface area contributed by atoms with Crippen molar-refractivity contribution in [2.45, 2.75) is 43.0 Å². The number of aliphatic carboxylic acids is 1. The van der Waals surface area contributed by atoms with Crippen LogP contribution in [0.3, 0.4) is 0 Å². The van der Waals surface area contributed by atoms with Gasteiger partial charge in [-0.25, -0.2) is 15.1 Å². The number of hydroxylamine groups is 1. The second kappa shape index (κ2) is 8.57. The average molecular weight is 320 g/mol. The first-order chi connectivity index (χ1) is 9.93. The SMILES string of the molecule is NC(=O)NO.O=C(O)CCCC[C@@H]1SC[C@@H]2NC(=O)N[C@@H]21. The summed E-state index contributed by atoms with van der Waals surface area (Å²) in [5.41, 5.74) is 5.46. The molecular weight excluding hydrogens is 300 g/mol. The van der Waals surface area contributed by atoms with E-state index >= 15 is 0 Å². The zero-order valence-electron chi connectivity index (χ0n) is 11.4. The van der Waals surface area contributed by atoms with Gasteiger partial charge in [-0.1, -0.05) is 6.42 Å². The highest BCUT2D eigenvalue weighted by molar-refractivity contribution is 8.00. The number of primary amides is 1. The molecule has 120 valence electrons. The van der Waals surface area contributed by atoms with Crippen LogP contribution in [0.1, 0.15) is 25.7 Å². The molecule has 21 heavy (non-hydrogen) atoms. The van der Waals surface area contributed by atoms with Gasteiger partial charge in [0.15, 0.2) is 0 Å². The van der Waals surface area contributed by atoms with Gasteiger partial charge in [-0.3, -0.25) is 10.0 Å². The lowest BCUT2D eigenvalue weighted by molar-refractivity contribution is -0.137. The number of carbonyl (C=O) groups is 3. The Labute approximate surface area is 126 Å². The van der Waals surface area contributed by atoms with E-state index in [1.807, 2.05) is 11.8 Å². The number of amides is 4. The van der Waals surface area contributed by atoms with Crippen molar-refractivity contribution in [2.75, 3.05) is 5.75 Å². The molecule has 2 fully saturated rings. The number of urea groups is 2. The quantitative estimate of drug-likeness (QED) is 0.179. The highest BCUT2D eigenvalue weighted by Gasteiger charge is 2.42. The Hall–Kier alpha value is -1.68. The number of carboxylic acids is 1. The van der Waals surface area contributed by atoms with E-state index in [-0.39, 0.29) is 24.5 Å². The van der Waals surface area contributed by atoms with E-state index in [0.717, 1.165) is 25.0 Å². The third kappa shape index (κ3) is 6.08. The Bertz CT molecular complexity index is 395. The van der Waals surface area contributed by atoms with E-state index in [2.05, 4.69) is 16.4 Å². The zero-order valence-corrected chi connectivity index (χ0v) is 12.2. The van der Waals surface area contributed by atoms with Gasteiger partial charge in [-0.15, -0.1) is 0 Å². The number of thioether (sulfide) groups is 1. The molecule has 2 aliphatic heterocycles. The van der Waals surface area contributed by atoms with Crippen molar-refractivity contribution in [1.29, 1.82) is 0 Å². The Morgan fingerprint density at radius 1 is 1.38 bits per heavy atom. The largest absolute Gasteiger partial charge is 0.481 e. The average Bonchev–Trinajstić information content (AvgIpc) is 2.95. The molecule has 0 aromatic heterocycles. The monoisotopic (exact) mass is 320 g/mol. The Balaban J connectivity index is 0.000000383. The summed E-state index contributed by atoms with van der Waals surface area (Å²) in [6.45, 7) is 0. The van der Waals surface area contributed by atoms with Gasteiger partial charge in [0, 0.05) is 17.4 Å². The Kier molecular flexibility index (Phi) is 7.09. The molecular formula is C11H20N4O5S. The first kappa shape index (κ1) is 17.4. The fourth-order valence-electron chi connectivity index (χ4n) is 2.26. The lowest BCUT2D eigenvalue weighted by Gasteiger charge is -2.16. The van der Waals surface area contributed by atoms with Crippen LogP contribution in [0.5, 0.6) is 0 Å². The number of nitrogens with one attached hydrogen (secondary N) is 3. The van der Waals surface area contributed by atoms with Crippen molar-refractivity contribution in [3.05, 3.63) is 0 Å². The van der Waals surface area contributed by atoms with E-state index in [0.29, 0.717) is 5.25 Å². The molecule has 2 heterocycles. The van der Waals surface area contributed by atoms with Crippen LogP contribution in [0.2, 0.25) is 0 Å². The van der Waals surface area contributed by atoms with Crippen LogP contribution in [-0.2, 0) is 4.79 Å². The summed E-state index contributed by atoms with van der Waals surface area (Å²) in [5, 5.41) is 22.2. The minimum atomic E-state index is -0.940. The van der Waals surface area contributed by atoms with Crippen molar-refractivity contribution >= 4 is 29.8 Å². The van der Waals surface area contributed by atoms with Gasteiger partial charge in [0.2, 0.25) is 0 Å². The van der Waals surface area contributed by atoms with Gasteiger partial charge in [0.1, 0.15) is 0 Å². The molecule has 2 rings (SSSR count). The smallest absolute Gasteiger partial charge is 0.335 e. The number of carbonyl (C=O) groups excluding carboxylic acids is 2. The van der Waals surface area contributed by atoms with Crippen LogP contribution in [-0.4, -0.2) is 51.4 Å². The van der Waals surface area contributed by atoms with Crippen molar-refractivity contribution < 1.29 is 24.7 Å². The second-order valence-corrected chi connectivity index (χ2v) is 6.01. The van der Waals surface area contributed by atoms with Crippen molar-refractivity contribution in [3.8, 4) is 0 Å². The topological polar surface area (TPSA) is 154 Å². The summed E-state index contributed by atoms with van der Waals surface area (Å²) in [7, 11) is 0. The van der Waals surface area contributed by atoms with Crippen molar-refractivity contribution in [3.63, 3.8) is 0 Å². The van der Waals surface area contributed by atoms with E-state index in [1.54, 1.807) is 0 Å². The second-order valence-electron chi connectivity index (χ2n) is 4.74. The summed E-state index contributed by atoms with van der Waals surface area (Å²) in [4.78, 5) is 30.7. The lowest BCUT2D eigenvalue weighted by Crippen LogP contribution is -2.36. The predicted octanol–water partition coefficient (Wildman–Crippen LogP) is -0.159. The van der Waals surface area contributed by atoms with E-state index in [1.165, 1.54) is 5.48 Å². The maximum atomic E-state index is 11.1. The maximum absolute atomic E-state index is 11.1. The fraction of sp³-hybridized carbons (Fsp3) is 0.727. The minimum absolute atomic E-state index is 0.0640. The zero-order chi connectivity index (χ0) is 15.8. The van der Waals surface area contributed by atoms with Gasteiger partial charge in [-0.05, 0) is 12.8 Å². The molecule has 7 N–H and O–H groups in total. The molecule has 4 amide bonds. The molecule has 10 heteroatoms. The summed E-state index contributed by atoms with van der Waals surface area (Å²) >= 11 is 1.87. The van der Waals surface area contributed by atoms with Gasteiger partial charge < -0.3 is 21.5 Å². The number of nitrogens with two attached hydrogens (primary N) is 1. The van der Waals surface area contributed by atoms with Gasteiger partial charge >= 0.3 is 18.0 Å². The van der Waals surface area contributed by atoms with E-state index in [4.69, 9.17) is 10.3 Å². The van der Waals surface area contributed by atoms with Crippen LogP contribution in [0.25, 0.3) is 0 Å². The molecule has 0 saturated carbocycles. The normalized spacial score (nSPS) is 26.0. The number of rotatable bonds is 5. The molecule has 3 atom stereocenters. The number of carboxylic acid groups (broad SMARTS) is 1. The number of fused-ring (bicyclic) bond motifs is 1. The van der Waals surface area contributed by atoms with E-state index in [9.17, 15) is 14.4 Å². The van der Waals surface area contributed by atoms with Crippen molar-refractivity contribution in [1.82, 2.24) is 16.1 Å². The predicted molar refractivity (Wildman–Crippen MR) is 76.1 cm³/mol. The highest BCUT2D eigenvalue weighted by Crippen LogP contribution is 2.33. The van der Waals surface area contributed by atoms with Crippen LogP contribution >= 0.6 is 11.8 Å². The first-order valence-corrected chi connectivity index (χ1v) is 7.59. The third-order valence-electron chi connectivity index (χ3n) is 3.18. The third-order valence-corrected chi connectivity index (χ3v) is 4.69. The van der Waals surface area contributed by atoms with Crippen LogP contribution in [0.4, 0.5) is 9.59 Å². The fourth-order valence-corrected chi connectivity index (χ4v) is 3.81. The molecule has 0 aliphatic carbocycles. The van der Waals surface area contributed by atoms with Gasteiger partial charge in [0.05, 0.1) is 12.1 Å². The molecule has 9 nitrogen and oxygen atoms in total. The van der Waals surface area contributed by atoms with E-state index < -0.39 is 12.0 Å². The van der Waals surface area contributed by atoms with Crippen LogP contribution < -0.4 is 21.8 Å². The highest BCUT2D eigenvalue weighted by atomic mass is 32.2. The Morgan fingerprint density at radius 2 is 2.05 bits per heavy atom. The standard InChI is InChI=1S/C10H16N2O3S.CH4N2O2/c13-8(14)4-2-1-3-7-9-6(5-16-7)11-10(15)12-9;2-1(4)3-5/h6-7,9H,1-5H2,(H,13,14)(H2,11,12,15);5H,(H3,2,3,4)/t6-,7-,9-;/m0./s1. The molecule has 0 unspecified atom stereocenters. The number of hydrogen-bond donors (Lipinski definition) is 6. The molecule has 0 aromatic carbocycles. The number of hydrogen-bond acceptors (Lipinski definition) is 5. The van der Waals surface area contributed by atoms with Crippen molar-refractivity contribution in [2.24, 2.45) is 5.73 Å². The molecule has 2 aliphatic rings. The van der Waals surface area contributed by atoms with Gasteiger partial charge in [0.25, 0.3) is 0 Å². The molecule has 2 saturated heterocycles. The number of unbranched alkanes of at least 4 members (excludes halogenated alkanes) is 1. The van der Waals surface area contributed by atoms with Gasteiger partial charge in [-0.2, -0.15) is 11.8 Å². The summed E-state index contributed by atoms with van der Waals surface area (Å²) in [6, 6.07) is -0.500.